The fourth-order valence-electron chi connectivity index (χ4n) is 2.03. The number of rotatable bonds is 13. The number of hydrogen-bond donors (Lipinski definition) is 2. The van der Waals surface area contributed by atoms with Gasteiger partial charge < -0.3 is 19.7 Å². The van der Waals surface area contributed by atoms with Crippen LogP contribution >= 0.6 is 0 Å². The molecule has 0 amide bonds. The van der Waals surface area contributed by atoms with Crippen molar-refractivity contribution >= 4 is 23.9 Å². The molecule has 1 atom stereocenters. The molecule has 0 bridgehead atoms. The molecule has 0 aromatic rings. The maximum Gasteiger partial charge on any atom is 0.309 e. The predicted molar refractivity (Wildman–Crippen MR) is 117 cm³/mol. The molecule has 0 spiro atoms. The molecule has 0 saturated carbocycles. The Kier molecular flexibility index (Phi) is 32.5. The van der Waals surface area contributed by atoms with Crippen molar-refractivity contribution in [2.75, 3.05) is 14.2 Å². The van der Waals surface area contributed by atoms with E-state index in [9.17, 15) is 19.2 Å². The number of ether oxygens (including phenoxy) is 2. The van der Waals surface area contributed by atoms with E-state index in [-0.39, 0.29) is 109 Å². The normalized spacial score (nSPS) is 11.7. The smallest absolute Gasteiger partial charge is 0.309 e. The van der Waals surface area contributed by atoms with Crippen molar-refractivity contribution in [3.63, 3.8) is 0 Å². The zero-order valence-corrected chi connectivity index (χ0v) is 25.5. The van der Waals surface area contributed by atoms with E-state index >= 15 is 0 Å². The second-order valence-electron chi connectivity index (χ2n) is 6.60. The van der Waals surface area contributed by atoms with E-state index < -0.39 is 11.9 Å². The number of esters is 2. The van der Waals surface area contributed by atoms with Gasteiger partial charge in [0.2, 0.25) is 0 Å². The summed E-state index contributed by atoms with van der Waals surface area (Å²) >= 11 is 0. The Morgan fingerprint density at radius 3 is 1.70 bits per heavy atom. The van der Waals surface area contributed by atoms with Crippen LogP contribution in [0.5, 0.6) is 0 Å². The maximum atomic E-state index is 10.7. The molecule has 10 heteroatoms. The molecule has 0 fully saturated rings. The molecule has 0 aromatic heterocycles. The molecular formula is C23H34O8Y2. The van der Waals surface area contributed by atoms with Crippen molar-refractivity contribution in [1.29, 1.82) is 0 Å². The van der Waals surface area contributed by atoms with Gasteiger partial charge in [-0.2, -0.15) is 0 Å². The average molecular weight is 616 g/mol. The minimum atomic E-state index is -0.831. The third-order valence-corrected chi connectivity index (χ3v) is 3.62. The molecule has 0 aliphatic rings. The Morgan fingerprint density at radius 1 is 0.788 bits per heavy atom. The van der Waals surface area contributed by atoms with Gasteiger partial charge in [0.15, 0.2) is 0 Å². The molecule has 2 N–H and O–H groups in total. The average Bonchev–Trinajstić information content (AvgIpc) is 2.69. The van der Waals surface area contributed by atoms with Gasteiger partial charge in [0.05, 0.1) is 39.9 Å². The Morgan fingerprint density at radius 2 is 1.27 bits per heavy atom. The van der Waals surface area contributed by atoms with Crippen LogP contribution in [-0.2, 0) is 94.1 Å². The minimum absolute atomic E-state index is 0. The van der Waals surface area contributed by atoms with Crippen LogP contribution in [0.4, 0.5) is 0 Å². The summed E-state index contributed by atoms with van der Waals surface area (Å²) in [6, 6.07) is 0. The van der Waals surface area contributed by atoms with E-state index in [0.717, 1.165) is 5.57 Å². The van der Waals surface area contributed by atoms with E-state index in [4.69, 9.17) is 10.2 Å². The molecule has 0 rings (SSSR count). The van der Waals surface area contributed by atoms with Crippen LogP contribution < -0.4 is 0 Å². The topological polar surface area (TPSA) is 127 Å². The van der Waals surface area contributed by atoms with Crippen LogP contribution in [0.15, 0.2) is 48.1 Å². The van der Waals surface area contributed by atoms with Crippen LogP contribution in [0.25, 0.3) is 0 Å². The van der Waals surface area contributed by atoms with Gasteiger partial charge in [-0.15, -0.1) is 0 Å². The molecule has 33 heavy (non-hydrogen) atoms. The van der Waals surface area contributed by atoms with Crippen LogP contribution in [-0.4, -0.2) is 48.3 Å². The Balaban J connectivity index is -0.000000241. The molecule has 0 aliphatic heterocycles. The minimum Gasteiger partial charge on any atom is -0.481 e. The number of carbonyl (C=O) groups is 4. The number of allylic oxidation sites excluding steroid dienone is 5. The summed E-state index contributed by atoms with van der Waals surface area (Å²) in [5.41, 5.74) is 0.810. The third kappa shape index (κ3) is 33.3. The summed E-state index contributed by atoms with van der Waals surface area (Å²) in [5.74, 6) is -2.14. The van der Waals surface area contributed by atoms with Crippen LogP contribution in [0.3, 0.4) is 0 Å². The van der Waals surface area contributed by atoms with Gasteiger partial charge in [-0.25, -0.2) is 0 Å². The van der Waals surface area contributed by atoms with Crippen molar-refractivity contribution in [3.05, 3.63) is 48.1 Å². The molecule has 1 unspecified atom stereocenters. The van der Waals surface area contributed by atoms with Crippen molar-refractivity contribution in [2.24, 2.45) is 5.92 Å². The molecule has 0 aliphatic carbocycles. The fraction of sp³-hybridized carbons (Fsp3) is 0.478. The number of aliphatic carboxylic acids is 2. The van der Waals surface area contributed by atoms with E-state index in [2.05, 4.69) is 9.47 Å². The van der Waals surface area contributed by atoms with E-state index in [1.807, 2.05) is 37.3 Å². The van der Waals surface area contributed by atoms with Crippen molar-refractivity contribution in [2.45, 2.75) is 52.4 Å². The second kappa shape index (κ2) is 27.3. The van der Waals surface area contributed by atoms with Gasteiger partial charge in [0.1, 0.15) is 0 Å². The van der Waals surface area contributed by atoms with Crippen molar-refractivity contribution in [1.82, 2.24) is 0 Å². The van der Waals surface area contributed by atoms with Crippen LogP contribution in [0.1, 0.15) is 52.4 Å². The monoisotopic (exact) mass is 616 g/mol. The van der Waals surface area contributed by atoms with Gasteiger partial charge in [-0.1, -0.05) is 55.0 Å². The first-order valence-corrected chi connectivity index (χ1v) is 9.81. The largest absolute Gasteiger partial charge is 0.481 e. The Labute approximate surface area is 246 Å². The van der Waals surface area contributed by atoms with Crippen molar-refractivity contribution in [3.8, 4) is 0 Å². The van der Waals surface area contributed by atoms with E-state index in [1.165, 1.54) is 14.2 Å². The Hall–Kier alpha value is -0.952. The molecule has 0 aromatic carbocycles. The SMILES string of the molecule is COC(=O)C/C=C/C/C=C(\C)CC(=O)O.COC(=O)C/C=C/C/C=C/C(C)CC(=O)O.[Y].[Y]. The van der Waals surface area contributed by atoms with Crippen molar-refractivity contribution < 1.29 is 104 Å². The summed E-state index contributed by atoms with van der Waals surface area (Å²) in [6.45, 7) is 3.62. The van der Waals surface area contributed by atoms with E-state index in [1.54, 1.807) is 19.1 Å². The molecule has 2 radical (unpaired) electrons. The number of carboxylic acids is 2. The third-order valence-electron chi connectivity index (χ3n) is 3.62. The molecule has 8 nitrogen and oxygen atoms in total. The Bertz CT molecular complexity index is 682. The zero-order chi connectivity index (χ0) is 24.1. The van der Waals surface area contributed by atoms with Gasteiger partial charge in [-0.05, 0) is 25.7 Å². The quantitative estimate of drug-likeness (QED) is 0.234. The van der Waals surface area contributed by atoms with Gasteiger partial charge in [-0.3, -0.25) is 19.2 Å². The van der Waals surface area contributed by atoms with Crippen LogP contribution in [0, 0.1) is 5.92 Å². The maximum absolute atomic E-state index is 10.7. The van der Waals surface area contributed by atoms with Gasteiger partial charge in [0.25, 0.3) is 0 Å². The second-order valence-corrected chi connectivity index (χ2v) is 6.60. The van der Waals surface area contributed by atoms with E-state index in [0.29, 0.717) is 12.8 Å². The zero-order valence-electron chi connectivity index (χ0n) is 19.9. The first-order chi connectivity index (χ1) is 14.6. The first-order valence-electron chi connectivity index (χ1n) is 9.81. The summed E-state index contributed by atoms with van der Waals surface area (Å²) < 4.78 is 8.91. The standard InChI is InChI=1S/C12H18O4.C11H16O4.2Y/c1-10(9-11(13)14)7-5-3-4-6-8-12(15)16-2;1-9(8-10(12)13)6-4-3-5-7-11(14)15-2;;/h4-7,10H,3,8-9H2,1-2H3,(H,13,14);3,5-6H,4,7-8H2,1-2H3,(H,12,13);;/b6-4+,7-5+;5-3+,9-6+;;. The first kappa shape index (κ1) is 39.3. The summed E-state index contributed by atoms with van der Waals surface area (Å²) in [4.78, 5) is 42.1. The number of methoxy groups -OCH3 is 2. The number of hydrogen-bond acceptors (Lipinski definition) is 6. The number of carbonyl (C=O) groups excluding carboxylic acids is 2. The summed E-state index contributed by atoms with van der Waals surface area (Å²) in [6.07, 6.45) is 14.7. The predicted octanol–water partition coefficient (Wildman–Crippen LogP) is 4.07. The van der Waals surface area contributed by atoms with Crippen LogP contribution in [0.2, 0.25) is 0 Å². The fourth-order valence-corrected chi connectivity index (χ4v) is 2.03. The summed E-state index contributed by atoms with van der Waals surface area (Å²) in [7, 11) is 2.69. The van der Waals surface area contributed by atoms with Gasteiger partial charge in [0, 0.05) is 65.4 Å². The molecular weight excluding hydrogens is 582 g/mol. The number of carboxylic acid groups (broad SMARTS) is 2. The molecule has 180 valence electrons. The summed E-state index contributed by atoms with van der Waals surface area (Å²) in [5, 5.41) is 17.0. The van der Waals surface area contributed by atoms with Gasteiger partial charge >= 0.3 is 23.9 Å². The molecule has 0 heterocycles. The molecule has 0 saturated heterocycles.